The van der Waals surface area contributed by atoms with Crippen LogP contribution >= 0.6 is 0 Å². The minimum atomic E-state index is 0.736. The standard InChI is InChI=1S/C9H10N/c1-7-4-5-10-9(6-7)8-2-3-8/h4-5,8H,2-3H2,1H3. The molecule has 2 rings (SSSR count). The number of rotatable bonds is 1. The van der Waals surface area contributed by atoms with Crippen LogP contribution in [0.25, 0.3) is 0 Å². The summed E-state index contributed by atoms with van der Waals surface area (Å²) in [6, 6.07) is 5.25. The van der Waals surface area contributed by atoms with Crippen molar-refractivity contribution in [3.05, 3.63) is 29.6 Å². The first-order chi connectivity index (χ1) is 4.86. The SMILES string of the molecule is Cc1[c]c(C2CC2)ncc1. The van der Waals surface area contributed by atoms with Crippen molar-refractivity contribution in [1.82, 2.24) is 4.98 Å². The number of hydrogen-bond acceptors (Lipinski definition) is 1. The number of pyridine rings is 1. The van der Waals surface area contributed by atoms with E-state index in [0.29, 0.717) is 0 Å². The molecule has 1 heteroatoms. The van der Waals surface area contributed by atoms with E-state index in [4.69, 9.17) is 0 Å². The maximum absolute atomic E-state index is 4.25. The Bertz CT molecular complexity index is 238. The molecule has 1 radical (unpaired) electrons. The Labute approximate surface area is 61.1 Å². The van der Waals surface area contributed by atoms with Crippen molar-refractivity contribution >= 4 is 0 Å². The van der Waals surface area contributed by atoms with E-state index >= 15 is 0 Å². The van der Waals surface area contributed by atoms with Crippen molar-refractivity contribution in [1.29, 1.82) is 0 Å². The molecule has 1 nitrogen and oxygen atoms in total. The highest BCUT2D eigenvalue weighted by Gasteiger charge is 2.24. The molecule has 1 aromatic rings. The van der Waals surface area contributed by atoms with Crippen LogP contribution in [0.4, 0.5) is 0 Å². The fraction of sp³-hybridized carbons (Fsp3) is 0.444. The molecule has 0 N–H and O–H groups in total. The Morgan fingerprint density at radius 3 is 3.00 bits per heavy atom. The summed E-state index contributed by atoms with van der Waals surface area (Å²) in [6.45, 7) is 2.06. The highest BCUT2D eigenvalue weighted by Crippen LogP contribution is 2.38. The molecule has 0 aliphatic heterocycles. The molecule has 10 heavy (non-hydrogen) atoms. The lowest BCUT2D eigenvalue weighted by molar-refractivity contribution is 1.01. The largest absolute Gasteiger partial charge is 0.260 e. The van der Waals surface area contributed by atoms with Gasteiger partial charge in [0.25, 0.3) is 0 Å². The molecule has 0 unspecified atom stereocenters. The van der Waals surface area contributed by atoms with Crippen molar-refractivity contribution in [2.24, 2.45) is 0 Å². The Morgan fingerprint density at radius 2 is 2.40 bits per heavy atom. The van der Waals surface area contributed by atoms with Gasteiger partial charge in [-0.15, -0.1) is 0 Å². The summed E-state index contributed by atoms with van der Waals surface area (Å²) in [7, 11) is 0. The van der Waals surface area contributed by atoms with E-state index in [1.165, 1.54) is 24.1 Å². The summed E-state index contributed by atoms with van der Waals surface area (Å²) >= 11 is 0. The molecule has 0 spiro atoms. The predicted molar refractivity (Wildman–Crippen MR) is 39.8 cm³/mol. The third-order valence-corrected chi connectivity index (χ3v) is 1.83. The second kappa shape index (κ2) is 2.08. The van der Waals surface area contributed by atoms with Crippen molar-refractivity contribution in [2.45, 2.75) is 25.7 Å². The third-order valence-electron chi connectivity index (χ3n) is 1.83. The van der Waals surface area contributed by atoms with Gasteiger partial charge < -0.3 is 0 Å². The topological polar surface area (TPSA) is 12.9 Å². The first-order valence-electron chi connectivity index (χ1n) is 3.71. The molecule has 1 aliphatic rings. The average molecular weight is 132 g/mol. The van der Waals surface area contributed by atoms with Crippen LogP contribution in [0.1, 0.15) is 30.0 Å². The highest BCUT2D eigenvalue weighted by molar-refractivity contribution is 5.18. The molecule has 1 aromatic heterocycles. The molecular formula is C9H10N. The van der Waals surface area contributed by atoms with Gasteiger partial charge in [0.05, 0.1) is 5.69 Å². The second-order valence-corrected chi connectivity index (χ2v) is 2.91. The lowest BCUT2D eigenvalue weighted by Crippen LogP contribution is -1.85. The van der Waals surface area contributed by atoms with Crippen molar-refractivity contribution < 1.29 is 0 Å². The zero-order valence-corrected chi connectivity index (χ0v) is 6.09. The smallest absolute Gasteiger partial charge is 0.0516 e. The van der Waals surface area contributed by atoms with Gasteiger partial charge in [-0.25, -0.2) is 0 Å². The van der Waals surface area contributed by atoms with E-state index in [-0.39, 0.29) is 0 Å². The van der Waals surface area contributed by atoms with Crippen LogP contribution in [0.2, 0.25) is 0 Å². The Balaban J connectivity index is 2.32. The van der Waals surface area contributed by atoms with Crippen molar-refractivity contribution in [3.8, 4) is 0 Å². The second-order valence-electron chi connectivity index (χ2n) is 2.91. The highest BCUT2D eigenvalue weighted by atomic mass is 14.7. The van der Waals surface area contributed by atoms with Crippen LogP contribution < -0.4 is 0 Å². The van der Waals surface area contributed by atoms with E-state index in [0.717, 1.165) is 5.92 Å². The van der Waals surface area contributed by atoms with Crippen LogP contribution in [0.5, 0.6) is 0 Å². The monoisotopic (exact) mass is 132 g/mol. The van der Waals surface area contributed by atoms with E-state index in [1.54, 1.807) is 0 Å². The fourth-order valence-electron chi connectivity index (χ4n) is 1.07. The van der Waals surface area contributed by atoms with Crippen LogP contribution in [0, 0.1) is 13.0 Å². The third kappa shape index (κ3) is 1.04. The van der Waals surface area contributed by atoms with E-state index in [1.807, 2.05) is 12.3 Å². The summed E-state index contributed by atoms with van der Waals surface area (Å²) in [5.41, 5.74) is 2.37. The van der Waals surface area contributed by atoms with Crippen molar-refractivity contribution in [2.75, 3.05) is 0 Å². The first-order valence-corrected chi connectivity index (χ1v) is 3.71. The maximum Gasteiger partial charge on any atom is 0.0516 e. The van der Waals surface area contributed by atoms with E-state index < -0.39 is 0 Å². The number of aryl methyl sites for hydroxylation is 1. The van der Waals surface area contributed by atoms with Gasteiger partial charge in [-0.3, -0.25) is 4.98 Å². The van der Waals surface area contributed by atoms with Crippen molar-refractivity contribution in [3.63, 3.8) is 0 Å². The molecular weight excluding hydrogens is 122 g/mol. The fourth-order valence-corrected chi connectivity index (χ4v) is 1.07. The van der Waals surface area contributed by atoms with E-state index in [9.17, 15) is 0 Å². The molecule has 0 bridgehead atoms. The van der Waals surface area contributed by atoms with Gasteiger partial charge in [0, 0.05) is 18.2 Å². The van der Waals surface area contributed by atoms with Crippen LogP contribution in [0.3, 0.4) is 0 Å². The lowest BCUT2D eigenvalue weighted by Gasteiger charge is -1.95. The van der Waals surface area contributed by atoms with Gasteiger partial charge in [-0.2, -0.15) is 0 Å². The lowest BCUT2D eigenvalue weighted by atomic mass is 10.2. The number of nitrogens with zero attached hydrogens (tertiary/aromatic N) is 1. The van der Waals surface area contributed by atoms with Gasteiger partial charge in [0.2, 0.25) is 0 Å². The minimum Gasteiger partial charge on any atom is -0.260 e. The summed E-state index contributed by atoms with van der Waals surface area (Å²) < 4.78 is 0. The Kier molecular flexibility index (Phi) is 1.23. The summed E-state index contributed by atoms with van der Waals surface area (Å²) in [4.78, 5) is 4.25. The molecule has 1 saturated carbocycles. The van der Waals surface area contributed by atoms with Crippen LogP contribution in [-0.4, -0.2) is 4.98 Å². The van der Waals surface area contributed by atoms with Gasteiger partial charge in [-0.1, -0.05) is 0 Å². The first kappa shape index (κ1) is 5.90. The van der Waals surface area contributed by atoms with Gasteiger partial charge in [-0.05, 0) is 31.4 Å². The summed E-state index contributed by atoms with van der Waals surface area (Å²) in [5.74, 6) is 0.736. The summed E-state index contributed by atoms with van der Waals surface area (Å²) in [5, 5.41) is 0. The van der Waals surface area contributed by atoms with Gasteiger partial charge in [0.1, 0.15) is 0 Å². The molecule has 1 fully saturated rings. The Morgan fingerprint density at radius 1 is 1.60 bits per heavy atom. The molecule has 1 heterocycles. The number of hydrogen-bond donors (Lipinski definition) is 0. The molecule has 0 atom stereocenters. The maximum atomic E-state index is 4.25. The zero-order chi connectivity index (χ0) is 6.97. The molecule has 1 aliphatic carbocycles. The summed E-state index contributed by atoms with van der Waals surface area (Å²) in [6.07, 6.45) is 4.50. The quantitative estimate of drug-likeness (QED) is 0.570. The normalized spacial score (nSPS) is 17.3. The van der Waals surface area contributed by atoms with Gasteiger partial charge >= 0.3 is 0 Å². The molecule has 0 saturated heterocycles. The predicted octanol–water partition coefficient (Wildman–Crippen LogP) is 2.07. The van der Waals surface area contributed by atoms with Crippen LogP contribution in [-0.2, 0) is 0 Å². The van der Waals surface area contributed by atoms with E-state index in [2.05, 4.69) is 18.0 Å². The minimum absolute atomic E-state index is 0.736. The zero-order valence-electron chi connectivity index (χ0n) is 6.09. The molecule has 51 valence electrons. The molecule has 0 amide bonds. The van der Waals surface area contributed by atoms with Crippen LogP contribution in [0.15, 0.2) is 12.3 Å². The average Bonchev–Trinajstić information content (AvgIpc) is 2.68. The number of aromatic nitrogens is 1. The molecule has 0 aromatic carbocycles. The Hall–Kier alpha value is -0.850. The van der Waals surface area contributed by atoms with Gasteiger partial charge in [0.15, 0.2) is 0 Å².